The van der Waals surface area contributed by atoms with E-state index in [1.54, 1.807) is 0 Å². The molecule has 1 saturated heterocycles. The van der Waals surface area contributed by atoms with Crippen molar-refractivity contribution in [3.05, 3.63) is 35.9 Å². The highest BCUT2D eigenvalue weighted by Gasteiger charge is 2.34. The Labute approximate surface area is 121 Å². The third kappa shape index (κ3) is 3.58. The lowest BCUT2D eigenvalue weighted by Gasteiger charge is -2.31. The van der Waals surface area contributed by atoms with Gasteiger partial charge in [0.15, 0.2) is 0 Å². The Bertz CT molecular complexity index is 425. The van der Waals surface area contributed by atoms with Crippen LogP contribution in [0.1, 0.15) is 39.2 Å². The van der Waals surface area contributed by atoms with Crippen LogP contribution < -0.4 is 5.48 Å². The van der Waals surface area contributed by atoms with E-state index in [0.29, 0.717) is 18.7 Å². The van der Waals surface area contributed by atoms with Crippen LogP contribution >= 0.6 is 0 Å². The van der Waals surface area contributed by atoms with E-state index in [-0.39, 0.29) is 11.9 Å². The van der Waals surface area contributed by atoms with Crippen molar-refractivity contribution < 1.29 is 9.63 Å². The number of benzene rings is 1. The van der Waals surface area contributed by atoms with Gasteiger partial charge in [0.1, 0.15) is 0 Å². The molecule has 4 nitrogen and oxygen atoms in total. The van der Waals surface area contributed by atoms with E-state index in [9.17, 15) is 4.79 Å². The van der Waals surface area contributed by atoms with Gasteiger partial charge in [-0.2, -0.15) is 0 Å². The number of rotatable bonds is 5. The minimum atomic E-state index is -0.154. The number of nitrogens with one attached hydrogen (secondary N) is 1. The molecule has 2 rings (SSSR count). The molecule has 1 aliphatic heterocycles. The van der Waals surface area contributed by atoms with Crippen LogP contribution in [0.15, 0.2) is 30.3 Å². The largest absolute Gasteiger partial charge is 0.287 e. The van der Waals surface area contributed by atoms with Crippen LogP contribution in [0.3, 0.4) is 0 Å². The van der Waals surface area contributed by atoms with Gasteiger partial charge in [-0.15, -0.1) is 0 Å². The van der Waals surface area contributed by atoms with E-state index in [0.717, 1.165) is 18.4 Å². The summed E-state index contributed by atoms with van der Waals surface area (Å²) in [7, 11) is 0. The fourth-order valence-electron chi connectivity index (χ4n) is 2.96. The maximum absolute atomic E-state index is 12.1. The predicted molar refractivity (Wildman–Crippen MR) is 78.8 cm³/mol. The first-order valence-corrected chi connectivity index (χ1v) is 7.32. The van der Waals surface area contributed by atoms with Crippen LogP contribution in [-0.2, 0) is 16.2 Å². The molecular formula is C16H24N2O2. The summed E-state index contributed by atoms with van der Waals surface area (Å²) in [6, 6.07) is 10.6. The lowest BCUT2D eigenvalue weighted by molar-refractivity contribution is -0.140. The third-order valence-corrected chi connectivity index (χ3v) is 4.10. The van der Waals surface area contributed by atoms with Crippen molar-refractivity contribution in [3.63, 3.8) is 0 Å². The van der Waals surface area contributed by atoms with Crippen molar-refractivity contribution in [3.8, 4) is 0 Å². The minimum absolute atomic E-state index is 0.0680. The number of hydrogen-bond donors (Lipinski definition) is 1. The molecule has 0 aromatic heterocycles. The Morgan fingerprint density at radius 1 is 1.30 bits per heavy atom. The van der Waals surface area contributed by atoms with Crippen LogP contribution in [0, 0.1) is 0 Å². The van der Waals surface area contributed by atoms with Crippen molar-refractivity contribution in [1.82, 2.24) is 10.4 Å². The second-order valence-corrected chi connectivity index (χ2v) is 5.64. The number of amides is 1. The first kappa shape index (κ1) is 15.0. The van der Waals surface area contributed by atoms with E-state index in [1.165, 1.54) is 0 Å². The van der Waals surface area contributed by atoms with Gasteiger partial charge in [0.25, 0.3) is 5.91 Å². The molecule has 110 valence electrons. The lowest BCUT2D eigenvalue weighted by Crippen LogP contribution is -2.49. The maximum Gasteiger partial charge on any atom is 0.260 e. The van der Waals surface area contributed by atoms with Gasteiger partial charge >= 0.3 is 0 Å². The molecule has 4 heteroatoms. The molecular weight excluding hydrogens is 252 g/mol. The van der Waals surface area contributed by atoms with Crippen LogP contribution in [0.25, 0.3) is 0 Å². The van der Waals surface area contributed by atoms with Crippen molar-refractivity contribution in [2.75, 3.05) is 0 Å². The molecule has 1 fully saturated rings. The Kier molecular flexibility index (Phi) is 5.15. The standard InChI is InChI=1S/C16H24N2O2/c1-12-9-10-13(2)18(12)14(3)16(19)17-20-11-15-7-5-4-6-8-15/h4-8,12-14H,9-11H2,1-3H3,(H,17,19). The summed E-state index contributed by atoms with van der Waals surface area (Å²) in [6.07, 6.45) is 2.31. The second-order valence-electron chi connectivity index (χ2n) is 5.64. The summed E-state index contributed by atoms with van der Waals surface area (Å²) < 4.78 is 0. The molecule has 1 heterocycles. The zero-order chi connectivity index (χ0) is 14.5. The van der Waals surface area contributed by atoms with E-state index in [1.807, 2.05) is 37.3 Å². The van der Waals surface area contributed by atoms with Gasteiger partial charge in [-0.1, -0.05) is 30.3 Å². The molecule has 0 spiro atoms. The van der Waals surface area contributed by atoms with Gasteiger partial charge in [0.05, 0.1) is 12.6 Å². The van der Waals surface area contributed by atoms with Crippen LogP contribution in [0.4, 0.5) is 0 Å². The van der Waals surface area contributed by atoms with E-state index >= 15 is 0 Å². The lowest BCUT2D eigenvalue weighted by atomic mass is 10.2. The number of carbonyl (C=O) groups excluding carboxylic acids is 1. The average Bonchev–Trinajstić information content (AvgIpc) is 2.78. The summed E-state index contributed by atoms with van der Waals surface area (Å²) in [6.45, 7) is 6.69. The van der Waals surface area contributed by atoms with Gasteiger partial charge in [-0.25, -0.2) is 5.48 Å². The summed E-state index contributed by atoms with van der Waals surface area (Å²) in [4.78, 5) is 19.7. The fraction of sp³-hybridized carbons (Fsp3) is 0.562. The first-order chi connectivity index (χ1) is 9.59. The molecule has 3 unspecified atom stereocenters. The number of nitrogens with zero attached hydrogens (tertiary/aromatic N) is 1. The van der Waals surface area contributed by atoms with E-state index in [4.69, 9.17) is 4.84 Å². The zero-order valence-electron chi connectivity index (χ0n) is 12.5. The number of hydroxylamine groups is 1. The summed E-state index contributed by atoms with van der Waals surface area (Å²) in [5, 5.41) is 0. The highest BCUT2D eigenvalue weighted by atomic mass is 16.6. The number of carbonyl (C=O) groups is 1. The third-order valence-electron chi connectivity index (χ3n) is 4.10. The molecule has 0 bridgehead atoms. The molecule has 1 aliphatic rings. The summed E-state index contributed by atoms with van der Waals surface area (Å²) in [5.41, 5.74) is 3.61. The molecule has 20 heavy (non-hydrogen) atoms. The molecule has 0 radical (unpaired) electrons. The van der Waals surface area contributed by atoms with E-state index in [2.05, 4.69) is 24.2 Å². The number of hydrogen-bond acceptors (Lipinski definition) is 3. The molecule has 1 aromatic rings. The minimum Gasteiger partial charge on any atom is -0.287 e. The monoisotopic (exact) mass is 276 g/mol. The Morgan fingerprint density at radius 2 is 1.90 bits per heavy atom. The van der Waals surface area contributed by atoms with Crippen LogP contribution in [0.5, 0.6) is 0 Å². The average molecular weight is 276 g/mol. The maximum atomic E-state index is 12.1. The van der Waals surface area contributed by atoms with Crippen molar-refractivity contribution in [2.45, 2.75) is 58.3 Å². The SMILES string of the molecule is CC1CCC(C)N1C(C)C(=O)NOCc1ccccc1. The van der Waals surface area contributed by atoms with Crippen LogP contribution in [0.2, 0.25) is 0 Å². The Morgan fingerprint density at radius 3 is 2.50 bits per heavy atom. The van der Waals surface area contributed by atoms with Gasteiger partial charge in [-0.05, 0) is 39.2 Å². The normalized spacial score (nSPS) is 24.6. The van der Waals surface area contributed by atoms with E-state index < -0.39 is 0 Å². The quantitative estimate of drug-likeness (QED) is 0.840. The van der Waals surface area contributed by atoms with Crippen molar-refractivity contribution in [1.29, 1.82) is 0 Å². The van der Waals surface area contributed by atoms with Gasteiger partial charge in [0, 0.05) is 12.1 Å². The molecule has 0 aliphatic carbocycles. The first-order valence-electron chi connectivity index (χ1n) is 7.32. The summed E-state index contributed by atoms with van der Waals surface area (Å²) in [5.74, 6) is -0.0680. The fourth-order valence-corrected chi connectivity index (χ4v) is 2.96. The highest BCUT2D eigenvalue weighted by molar-refractivity contribution is 5.80. The van der Waals surface area contributed by atoms with Gasteiger partial charge < -0.3 is 0 Å². The molecule has 0 saturated carbocycles. The molecule has 3 atom stereocenters. The summed E-state index contributed by atoms with van der Waals surface area (Å²) >= 11 is 0. The molecule has 1 N–H and O–H groups in total. The predicted octanol–water partition coefficient (Wildman–Crippen LogP) is 2.50. The smallest absolute Gasteiger partial charge is 0.260 e. The number of likely N-dealkylation sites (tertiary alicyclic amines) is 1. The Hall–Kier alpha value is -1.39. The topological polar surface area (TPSA) is 41.6 Å². The molecule has 1 aromatic carbocycles. The van der Waals surface area contributed by atoms with Crippen LogP contribution in [-0.4, -0.2) is 28.9 Å². The highest BCUT2D eigenvalue weighted by Crippen LogP contribution is 2.25. The van der Waals surface area contributed by atoms with Crippen molar-refractivity contribution >= 4 is 5.91 Å². The Balaban J connectivity index is 1.79. The van der Waals surface area contributed by atoms with Gasteiger partial charge in [0.2, 0.25) is 0 Å². The molecule has 1 amide bonds. The van der Waals surface area contributed by atoms with Gasteiger partial charge in [-0.3, -0.25) is 14.5 Å². The zero-order valence-corrected chi connectivity index (χ0v) is 12.5. The second kappa shape index (κ2) is 6.86. The van der Waals surface area contributed by atoms with Crippen molar-refractivity contribution in [2.24, 2.45) is 0 Å².